The quantitative estimate of drug-likeness (QED) is 0.914. The lowest BCUT2D eigenvalue weighted by molar-refractivity contribution is 0.213. The Bertz CT molecular complexity index is 568. The predicted octanol–water partition coefficient (Wildman–Crippen LogP) is 4.04. The van der Waals surface area contributed by atoms with E-state index >= 15 is 0 Å². The third kappa shape index (κ3) is 3.09. The van der Waals surface area contributed by atoms with Crippen LogP contribution in [0.1, 0.15) is 22.8 Å². The van der Waals surface area contributed by atoms with E-state index in [1.165, 1.54) is 5.56 Å². The molecule has 2 nitrogen and oxygen atoms in total. The van der Waals surface area contributed by atoms with E-state index in [9.17, 15) is 0 Å². The highest BCUT2D eigenvalue weighted by atomic mass is 35.5. The molecule has 0 heterocycles. The van der Waals surface area contributed by atoms with Crippen LogP contribution in [0, 0.1) is 13.8 Å². The minimum Gasteiger partial charge on any atom is -0.484 e. The third-order valence-corrected chi connectivity index (χ3v) is 3.63. The molecule has 0 radical (unpaired) electrons. The first-order valence-electron chi connectivity index (χ1n) is 6.31. The molecule has 0 saturated heterocycles. The highest BCUT2D eigenvalue weighted by molar-refractivity contribution is 6.31. The number of hydrogen-bond acceptors (Lipinski definition) is 2. The summed E-state index contributed by atoms with van der Waals surface area (Å²) in [6.45, 7) is 4.50. The SMILES string of the molecule is Cc1cccc(OC(CN)c2ccccc2Cl)c1C. The predicted molar refractivity (Wildman–Crippen MR) is 79.8 cm³/mol. The second-order valence-electron chi connectivity index (χ2n) is 4.56. The molecule has 0 aromatic heterocycles. The molecule has 0 aliphatic rings. The summed E-state index contributed by atoms with van der Waals surface area (Å²) in [5.41, 5.74) is 9.08. The Balaban J connectivity index is 2.30. The molecule has 0 aliphatic heterocycles. The van der Waals surface area contributed by atoms with Crippen LogP contribution in [-0.4, -0.2) is 6.54 Å². The summed E-state index contributed by atoms with van der Waals surface area (Å²) in [5, 5.41) is 0.684. The Labute approximate surface area is 119 Å². The Morgan fingerprint density at radius 2 is 1.84 bits per heavy atom. The lowest BCUT2D eigenvalue weighted by Gasteiger charge is -2.20. The summed E-state index contributed by atoms with van der Waals surface area (Å²) in [4.78, 5) is 0. The van der Waals surface area contributed by atoms with Crippen LogP contribution in [0.3, 0.4) is 0 Å². The molecule has 0 aliphatic carbocycles. The Morgan fingerprint density at radius 1 is 1.11 bits per heavy atom. The number of ether oxygens (including phenoxy) is 1. The van der Waals surface area contributed by atoms with E-state index in [0.29, 0.717) is 11.6 Å². The molecule has 2 rings (SSSR count). The molecule has 1 unspecified atom stereocenters. The molecule has 2 aromatic rings. The van der Waals surface area contributed by atoms with Gasteiger partial charge in [0.05, 0.1) is 0 Å². The van der Waals surface area contributed by atoms with Gasteiger partial charge in [0.2, 0.25) is 0 Å². The summed E-state index contributed by atoms with van der Waals surface area (Å²) < 4.78 is 6.03. The molecule has 0 spiro atoms. The van der Waals surface area contributed by atoms with E-state index < -0.39 is 0 Å². The highest BCUT2D eigenvalue weighted by Gasteiger charge is 2.15. The zero-order valence-corrected chi connectivity index (χ0v) is 11.9. The molecule has 0 bridgehead atoms. The standard InChI is InChI=1S/C16H18ClNO/c1-11-6-5-9-15(12(11)2)19-16(10-18)13-7-3-4-8-14(13)17/h3-9,16H,10,18H2,1-2H3. The van der Waals surface area contributed by atoms with Crippen molar-refractivity contribution in [2.45, 2.75) is 20.0 Å². The Morgan fingerprint density at radius 3 is 2.53 bits per heavy atom. The monoisotopic (exact) mass is 275 g/mol. The van der Waals surface area contributed by atoms with Gasteiger partial charge in [0, 0.05) is 17.1 Å². The van der Waals surface area contributed by atoms with E-state index in [4.69, 9.17) is 22.1 Å². The van der Waals surface area contributed by atoms with Gasteiger partial charge in [-0.15, -0.1) is 0 Å². The Hall–Kier alpha value is -1.51. The topological polar surface area (TPSA) is 35.2 Å². The summed E-state index contributed by atoms with van der Waals surface area (Å²) in [7, 11) is 0. The first-order chi connectivity index (χ1) is 9.13. The van der Waals surface area contributed by atoms with Gasteiger partial charge in [-0.3, -0.25) is 0 Å². The van der Waals surface area contributed by atoms with Crippen LogP contribution >= 0.6 is 11.6 Å². The van der Waals surface area contributed by atoms with Gasteiger partial charge in [0.25, 0.3) is 0 Å². The average Bonchev–Trinajstić information content (AvgIpc) is 2.41. The maximum Gasteiger partial charge on any atom is 0.137 e. The van der Waals surface area contributed by atoms with Crippen molar-refractivity contribution < 1.29 is 4.74 Å². The van der Waals surface area contributed by atoms with Crippen LogP contribution in [0.2, 0.25) is 5.02 Å². The fraction of sp³-hybridized carbons (Fsp3) is 0.250. The van der Waals surface area contributed by atoms with Crippen molar-refractivity contribution in [1.29, 1.82) is 0 Å². The van der Waals surface area contributed by atoms with Gasteiger partial charge < -0.3 is 10.5 Å². The molecule has 2 aromatic carbocycles. The molecule has 19 heavy (non-hydrogen) atoms. The maximum atomic E-state index is 6.20. The molecule has 1 atom stereocenters. The number of rotatable bonds is 4. The number of halogens is 1. The molecule has 0 saturated carbocycles. The summed E-state index contributed by atoms with van der Waals surface area (Å²) in [6.07, 6.45) is -0.228. The van der Waals surface area contributed by atoms with E-state index in [0.717, 1.165) is 16.9 Å². The minimum atomic E-state index is -0.228. The van der Waals surface area contributed by atoms with Crippen LogP contribution in [0.25, 0.3) is 0 Å². The molecular formula is C16H18ClNO. The smallest absolute Gasteiger partial charge is 0.137 e. The zero-order chi connectivity index (χ0) is 13.8. The fourth-order valence-electron chi connectivity index (χ4n) is 1.98. The van der Waals surface area contributed by atoms with Crippen molar-refractivity contribution in [2.75, 3.05) is 6.54 Å². The highest BCUT2D eigenvalue weighted by Crippen LogP contribution is 2.29. The van der Waals surface area contributed by atoms with Crippen molar-refractivity contribution in [3.63, 3.8) is 0 Å². The number of benzene rings is 2. The molecule has 0 fully saturated rings. The largest absolute Gasteiger partial charge is 0.484 e. The van der Waals surface area contributed by atoms with Crippen molar-refractivity contribution in [3.8, 4) is 5.75 Å². The maximum absolute atomic E-state index is 6.20. The van der Waals surface area contributed by atoms with Crippen LogP contribution in [0.4, 0.5) is 0 Å². The van der Waals surface area contributed by atoms with Crippen molar-refractivity contribution in [1.82, 2.24) is 0 Å². The number of nitrogens with two attached hydrogens (primary N) is 1. The zero-order valence-electron chi connectivity index (χ0n) is 11.2. The van der Waals surface area contributed by atoms with Crippen LogP contribution < -0.4 is 10.5 Å². The molecule has 3 heteroatoms. The van der Waals surface area contributed by atoms with Gasteiger partial charge in [-0.2, -0.15) is 0 Å². The van der Waals surface area contributed by atoms with Gasteiger partial charge >= 0.3 is 0 Å². The second-order valence-corrected chi connectivity index (χ2v) is 4.97. The van der Waals surface area contributed by atoms with E-state index in [-0.39, 0.29) is 6.10 Å². The van der Waals surface area contributed by atoms with Gasteiger partial charge in [0.15, 0.2) is 0 Å². The van der Waals surface area contributed by atoms with Gasteiger partial charge in [-0.25, -0.2) is 0 Å². The van der Waals surface area contributed by atoms with Crippen molar-refractivity contribution in [2.24, 2.45) is 5.73 Å². The van der Waals surface area contributed by atoms with Gasteiger partial charge in [-0.1, -0.05) is 41.9 Å². The Kier molecular flexibility index (Phi) is 4.46. The first-order valence-corrected chi connectivity index (χ1v) is 6.68. The van der Waals surface area contributed by atoms with Crippen LogP contribution in [0.15, 0.2) is 42.5 Å². The molecule has 0 amide bonds. The van der Waals surface area contributed by atoms with Crippen LogP contribution in [0.5, 0.6) is 5.75 Å². The van der Waals surface area contributed by atoms with Crippen molar-refractivity contribution in [3.05, 3.63) is 64.2 Å². The molecule has 100 valence electrons. The molecule has 2 N–H and O–H groups in total. The minimum absolute atomic E-state index is 0.228. The van der Waals surface area contributed by atoms with Gasteiger partial charge in [-0.05, 0) is 37.1 Å². The summed E-state index contributed by atoms with van der Waals surface area (Å²) >= 11 is 6.20. The van der Waals surface area contributed by atoms with Crippen molar-refractivity contribution >= 4 is 11.6 Å². The summed E-state index contributed by atoms with van der Waals surface area (Å²) in [5.74, 6) is 0.857. The summed E-state index contributed by atoms with van der Waals surface area (Å²) in [6, 6.07) is 13.7. The van der Waals surface area contributed by atoms with Crippen LogP contribution in [-0.2, 0) is 0 Å². The normalized spacial score (nSPS) is 12.2. The second kappa shape index (κ2) is 6.09. The number of hydrogen-bond donors (Lipinski definition) is 1. The fourth-order valence-corrected chi connectivity index (χ4v) is 2.24. The lowest BCUT2D eigenvalue weighted by Crippen LogP contribution is -2.19. The first kappa shape index (κ1) is 13.9. The molecular weight excluding hydrogens is 258 g/mol. The van der Waals surface area contributed by atoms with E-state index in [1.54, 1.807) is 0 Å². The van der Waals surface area contributed by atoms with E-state index in [2.05, 4.69) is 13.0 Å². The van der Waals surface area contributed by atoms with E-state index in [1.807, 2.05) is 43.3 Å². The van der Waals surface area contributed by atoms with Gasteiger partial charge in [0.1, 0.15) is 11.9 Å². The third-order valence-electron chi connectivity index (χ3n) is 3.29. The number of aryl methyl sites for hydroxylation is 1. The average molecular weight is 276 g/mol. The lowest BCUT2D eigenvalue weighted by atomic mass is 10.1.